The third-order valence-electron chi connectivity index (χ3n) is 4.56. The molecule has 150 valence electrons. The number of rotatable bonds is 7. The molecular formula is C24H20N2O3S. The van der Waals surface area contributed by atoms with Gasteiger partial charge in [0.15, 0.2) is 0 Å². The van der Waals surface area contributed by atoms with Gasteiger partial charge in [0, 0.05) is 23.0 Å². The number of H-pyrrole nitrogens is 1. The van der Waals surface area contributed by atoms with Gasteiger partial charge in [-0.2, -0.15) is 0 Å². The lowest BCUT2D eigenvalue weighted by atomic mass is 10.1. The predicted molar refractivity (Wildman–Crippen MR) is 119 cm³/mol. The minimum Gasteiger partial charge on any atom is -0.488 e. The van der Waals surface area contributed by atoms with Gasteiger partial charge in [0.1, 0.15) is 12.4 Å². The quantitative estimate of drug-likeness (QED) is 0.462. The first-order valence-electron chi connectivity index (χ1n) is 9.50. The van der Waals surface area contributed by atoms with Crippen molar-refractivity contribution in [2.75, 3.05) is 0 Å². The summed E-state index contributed by atoms with van der Waals surface area (Å²) in [4.78, 5) is 28.4. The van der Waals surface area contributed by atoms with E-state index in [-0.39, 0.29) is 11.5 Å². The van der Waals surface area contributed by atoms with Crippen molar-refractivity contribution in [3.8, 4) is 16.2 Å². The van der Waals surface area contributed by atoms with E-state index in [2.05, 4.69) is 10.3 Å². The van der Waals surface area contributed by atoms with Crippen molar-refractivity contribution in [2.24, 2.45) is 0 Å². The first kappa shape index (κ1) is 19.7. The Morgan fingerprint density at radius 2 is 1.67 bits per heavy atom. The van der Waals surface area contributed by atoms with Crippen LogP contribution in [0.25, 0.3) is 10.4 Å². The van der Waals surface area contributed by atoms with Crippen molar-refractivity contribution in [1.82, 2.24) is 10.3 Å². The molecule has 5 nitrogen and oxygen atoms in total. The number of nitrogens with one attached hydrogen (secondary N) is 2. The van der Waals surface area contributed by atoms with Crippen LogP contribution in [-0.2, 0) is 13.2 Å². The Hall–Kier alpha value is -3.64. The van der Waals surface area contributed by atoms with Gasteiger partial charge in [0.05, 0.1) is 11.1 Å². The van der Waals surface area contributed by atoms with E-state index in [1.165, 1.54) is 11.3 Å². The smallest absolute Gasteiger partial charge is 0.260 e. The molecule has 0 fully saturated rings. The Kier molecular flexibility index (Phi) is 6.06. The van der Waals surface area contributed by atoms with Crippen molar-refractivity contribution < 1.29 is 9.53 Å². The summed E-state index contributed by atoms with van der Waals surface area (Å²) in [6.45, 7) is 0.801. The second-order valence-corrected chi connectivity index (χ2v) is 7.60. The van der Waals surface area contributed by atoms with E-state index < -0.39 is 0 Å². The summed E-state index contributed by atoms with van der Waals surface area (Å²) in [5, 5.41) is 4.66. The van der Waals surface area contributed by atoms with Gasteiger partial charge in [-0.1, -0.05) is 60.7 Å². The van der Waals surface area contributed by atoms with Gasteiger partial charge >= 0.3 is 0 Å². The van der Waals surface area contributed by atoms with Crippen molar-refractivity contribution in [1.29, 1.82) is 0 Å². The van der Waals surface area contributed by atoms with Crippen LogP contribution in [0.15, 0.2) is 89.2 Å². The van der Waals surface area contributed by atoms with Crippen LogP contribution in [0, 0.1) is 0 Å². The zero-order chi connectivity index (χ0) is 20.8. The normalized spacial score (nSPS) is 10.5. The molecular weight excluding hydrogens is 396 g/mol. The average molecular weight is 417 g/mol. The van der Waals surface area contributed by atoms with E-state index in [1.807, 2.05) is 60.7 Å². The largest absolute Gasteiger partial charge is 0.488 e. The number of thiophene rings is 1. The molecule has 2 aromatic heterocycles. The molecule has 0 atom stereocenters. The lowest BCUT2D eigenvalue weighted by Gasteiger charge is -2.09. The van der Waals surface area contributed by atoms with Gasteiger partial charge in [0.2, 0.25) is 0 Å². The van der Waals surface area contributed by atoms with Crippen molar-refractivity contribution in [3.63, 3.8) is 0 Å². The number of pyridine rings is 1. The predicted octanol–water partition coefficient (Wildman–Crippen LogP) is 4.61. The summed E-state index contributed by atoms with van der Waals surface area (Å²) in [5.41, 5.74) is 2.73. The fraction of sp³-hybridized carbons (Fsp3) is 0.0833. The van der Waals surface area contributed by atoms with Crippen LogP contribution < -0.4 is 15.6 Å². The molecule has 2 heterocycles. The van der Waals surface area contributed by atoms with Crippen LogP contribution >= 0.6 is 11.3 Å². The molecule has 0 aliphatic carbocycles. The van der Waals surface area contributed by atoms with Gasteiger partial charge in [-0.25, -0.2) is 0 Å². The second kappa shape index (κ2) is 9.24. The molecule has 0 radical (unpaired) electrons. The van der Waals surface area contributed by atoms with Crippen LogP contribution in [-0.4, -0.2) is 10.9 Å². The van der Waals surface area contributed by atoms with E-state index in [0.29, 0.717) is 34.9 Å². The first-order chi connectivity index (χ1) is 14.7. The Balaban J connectivity index is 1.51. The fourth-order valence-corrected chi connectivity index (χ4v) is 3.95. The molecule has 0 aliphatic heterocycles. The molecule has 2 N–H and O–H groups in total. The summed E-state index contributed by atoms with van der Waals surface area (Å²) < 4.78 is 5.92. The molecule has 0 saturated heterocycles. The summed E-state index contributed by atoms with van der Waals surface area (Å²) in [6.07, 6.45) is 1.56. The zero-order valence-electron chi connectivity index (χ0n) is 16.1. The number of carbonyl (C=O) groups is 1. The van der Waals surface area contributed by atoms with Crippen LogP contribution in [0.2, 0.25) is 0 Å². The first-order valence-corrected chi connectivity index (χ1v) is 10.4. The number of hydrogen-bond donors (Lipinski definition) is 2. The molecule has 1 amide bonds. The summed E-state index contributed by atoms with van der Waals surface area (Å²) in [7, 11) is 0. The molecule has 30 heavy (non-hydrogen) atoms. The Morgan fingerprint density at radius 3 is 2.40 bits per heavy atom. The molecule has 0 saturated carbocycles. The molecule has 0 unspecified atom stereocenters. The van der Waals surface area contributed by atoms with Gasteiger partial charge in [-0.3, -0.25) is 9.59 Å². The van der Waals surface area contributed by atoms with Crippen molar-refractivity contribution in [3.05, 3.63) is 111 Å². The second-order valence-electron chi connectivity index (χ2n) is 6.69. The Morgan fingerprint density at radius 1 is 0.967 bits per heavy atom. The lowest BCUT2D eigenvalue weighted by Crippen LogP contribution is -2.22. The Bertz CT molecular complexity index is 1180. The lowest BCUT2D eigenvalue weighted by molar-refractivity contribution is 0.0951. The highest BCUT2D eigenvalue weighted by atomic mass is 32.1. The standard InChI is InChI=1S/C24H20N2O3S/c27-23(26-14-17-7-3-1-4-8-17)19-13-21(30-16-19)22-20(11-12-25-24(22)28)29-15-18-9-5-2-6-10-18/h1-13,16H,14-15H2,(H,25,28)(H,26,27). The highest BCUT2D eigenvalue weighted by Crippen LogP contribution is 2.32. The number of amides is 1. The van der Waals surface area contributed by atoms with Gasteiger partial charge in [-0.15, -0.1) is 11.3 Å². The highest BCUT2D eigenvalue weighted by molar-refractivity contribution is 7.13. The van der Waals surface area contributed by atoms with Gasteiger partial charge in [-0.05, 0) is 23.3 Å². The number of hydrogen-bond acceptors (Lipinski definition) is 4. The summed E-state index contributed by atoms with van der Waals surface area (Å²) >= 11 is 1.34. The number of aromatic nitrogens is 1. The summed E-state index contributed by atoms with van der Waals surface area (Å²) in [5.74, 6) is 0.307. The van der Waals surface area contributed by atoms with Gasteiger partial charge < -0.3 is 15.0 Å². The number of aromatic amines is 1. The van der Waals surface area contributed by atoms with E-state index in [0.717, 1.165) is 11.1 Å². The minimum absolute atomic E-state index is 0.180. The molecule has 0 spiro atoms. The molecule has 4 aromatic rings. The van der Waals surface area contributed by atoms with Crippen LogP contribution in [0.5, 0.6) is 5.75 Å². The minimum atomic E-state index is -0.251. The third kappa shape index (κ3) is 4.67. The van der Waals surface area contributed by atoms with E-state index >= 15 is 0 Å². The van der Waals surface area contributed by atoms with Crippen LogP contribution in [0.3, 0.4) is 0 Å². The molecule has 4 rings (SSSR count). The molecule has 0 aliphatic rings. The monoisotopic (exact) mass is 416 g/mol. The fourth-order valence-electron chi connectivity index (χ4n) is 3.02. The van der Waals surface area contributed by atoms with Crippen molar-refractivity contribution in [2.45, 2.75) is 13.2 Å². The Labute approximate surface area is 178 Å². The number of benzene rings is 2. The molecule has 2 aromatic carbocycles. The average Bonchev–Trinajstić information content (AvgIpc) is 3.27. The van der Waals surface area contributed by atoms with Crippen LogP contribution in [0.4, 0.5) is 0 Å². The SMILES string of the molecule is O=C(NCc1ccccc1)c1csc(-c2c(OCc3ccccc3)cc[nH]c2=O)c1. The van der Waals surface area contributed by atoms with E-state index in [9.17, 15) is 9.59 Å². The van der Waals surface area contributed by atoms with Crippen LogP contribution in [0.1, 0.15) is 21.5 Å². The molecule has 6 heteroatoms. The van der Waals surface area contributed by atoms with Gasteiger partial charge in [0.25, 0.3) is 11.5 Å². The van der Waals surface area contributed by atoms with Crippen molar-refractivity contribution >= 4 is 17.2 Å². The number of carbonyl (C=O) groups excluding carboxylic acids is 1. The third-order valence-corrected chi connectivity index (χ3v) is 5.51. The highest BCUT2D eigenvalue weighted by Gasteiger charge is 2.16. The number of ether oxygens (including phenoxy) is 1. The zero-order valence-corrected chi connectivity index (χ0v) is 16.9. The maximum absolute atomic E-state index is 12.5. The van der Waals surface area contributed by atoms with E-state index in [1.54, 1.807) is 23.7 Å². The molecule has 0 bridgehead atoms. The maximum Gasteiger partial charge on any atom is 0.260 e. The van der Waals surface area contributed by atoms with E-state index in [4.69, 9.17) is 4.74 Å². The summed E-state index contributed by atoms with van der Waals surface area (Å²) in [6, 6.07) is 22.9. The maximum atomic E-state index is 12.5. The topological polar surface area (TPSA) is 71.2 Å².